The first kappa shape index (κ1) is 22.7. The van der Waals surface area contributed by atoms with Crippen LogP contribution < -0.4 is 0 Å². The lowest BCUT2D eigenvalue weighted by atomic mass is 9.96. The average Bonchev–Trinajstić information content (AvgIpc) is 2.55. The lowest BCUT2D eigenvalue weighted by Crippen LogP contribution is -2.36. The molecule has 0 radical (unpaired) electrons. The summed E-state index contributed by atoms with van der Waals surface area (Å²) in [6, 6.07) is 0. The van der Waals surface area contributed by atoms with E-state index in [9.17, 15) is 27.2 Å². The molecule has 0 fully saturated rings. The van der Waals surface area contributed by atoms with Crippen LogP contribution in [0, 0.1) is 5.92 Å². The number of esters is 2. The fraction of sp³-hybridized carbons (Fsp3) is 0.875. The number of alkyl halides is 4. The third-order valence-electron chi connectivity index (χ3n) is 3.83. The fourth-order valence-corrected chi connectivity index (χ4v) is 2.02. The minimum atomic E-state index is -3.49. The summed E-state index contributed by atoms with van der Waals surface area (Å²) >= 11 is 0. The molecule has 1 atom stereocenters. The van der Waals surface area contributed by atoms with E-state index in [2.05, 4.69) is 9.47 Å². The maximum atomic E-state index is 13.5. The van der Waals surface area contributed by atoms with Gasteiger partial charge < -0.3 is 9.47 Å². The van der Waals surface area contributed by atoms with E-state index < -0.39 is 36.1 Å². The van der Waals surface area contributed by atoms with E-state index in [1.54, 1.807) is 0 Å². The lowest BCUT2D eigenvalue weighted by molar-refractivity contribution is -0.176. The largest absolute Gasteiger partial charge is 0.465 e. The highest BCUT2D eigenvalue weighted by atomic mass is 19.3. The van der Waals surface area contributed by atoms with Gasteiger partial charge in [-0.1, -0.05) is 39.5 Å². The first-order valence-corrected chi connectivity index (χ1v) is 8.10. The van der Waals surface area contributed by atoms with Crippen molar-refractivity contribution in [1.82, 2.24) is 0 Å². The molecule has 1 unspecified atom stereocenters. The van der Waals surface area contributed by atoms with Gasteiger partial charge in [0.15, 0.2) is 0 Å². The van der Waals surface area contributed by atoms with Gasteiger partial charge in [0.25, 0.3) is 0 Å². The predicted molar refractivity (Wildman–Crippen MR) is 80.0 cm³/mol. The lowest BCUT2D eigenvalue weighted by Gasteiger charge is -2.20. The molecule has 0 aliphatic rings. The van der Waals surface area contributed by atoms with Crippen LogP contribution in [0.2, 0.25) is 0 Å². The predicted octanol–water partition coefficient (Wildman–Crippen LogP) is 4.36. The average molecular weight is 358 g/mol. The minimum absolute atomic E-state index is 0.0781. The Hall–Kier alpha value is -1.34. The van der Waals surface area contributed by atoms with Crippen LogP contribution in [0.4, 0.5) is 17.6 Å². The summed E-state index contributed by atoms with van der Waals surface area (Å²) in [6.45, 7) is 2.42. The van der Waals surface area contributed by atoms with Crippen LogP contribution in [-0.2, 0) is 19.1 Å². The van der Waals surface area contributed by atoms with Crippen molar-refractivity contribution in [1.29, 1.82) is 0 Å². The van der Waals surface area contributed by atoms with E-state index in [-0.39, 0.29) is 13.0 Å². The Morgan fingerprint density at radius 1 is 0.958 bits per heavy atom. The van der Waals surface area contributed by atoms with Gasteiger partial charge in [-0.2, -0.15) is 17.6 Å². The van der Waals surface area contributed by atoms with Gasteiger partial charge in [-0.3, -0.25) is 0 Å². The summed E-state index contributed by atoms with van der Waals surface area (Å²) in [7, 11) is 0.923. The van der Waals surface area contributed by atoms with Gasteiger partial charge in [0.2, 0.25) is 0 Å². The van der Waals surface area contributed by atoms with Crippen LogP contribution in [0.15, 0.2) is 0 Å². The Labute approximate surface area is 139 Å². The Balaban J connectivity index is 3.75. The van der Waals surface area contributed by atoms with Crippen LogP contribution in [0.5, 0.6) is 0 Å². The molecule has 0 aliphatic carbocycles. The molecule has 0 aromatic carbocycles. The Kier molecular flexibility index (Phi) is 9.92. The van der Waals surface area contributed by atoms with E-state index in [0.29, 0.717) is 32.1 Å². The van der Waals surface area contributed by atoms with Crippen LogP contribution >= 0.6 is 0 Å². The number of ether oxygens (including phenoxy) is 2. The van der Waals surface area contributed by atoms with E-state index >= 15 is 0 Å². The molecule has 0 heterocycles. The summed E-state index contributed by atoms with van der Waals surface area (Å²) in [5.41, 5.74) is 0. The molecule has 142 valence electrons. The number of carbonyl (C=O) groups is 2. The zero-order chi connectivity index (χ0) is 18.8. The standard InChI is InChI=1S/C16H26F4O4/c1-4-15(17,18)13(21)24-11-9-7-5-6-8-10-12(2)16(19,20)14(22)23-3/h12H,4-11H2,1-3H3. The molecule has 0 rings (SSSR count). The van der Waals surface area contributed by atoms with E-state index in [1.165, 1.54) is 13.8 Å². The van der Waals surface area contributed by atoms with Gasteiger partial charge in [0, 0.05) is 12.3 Å². The summed E-state index contributed by atoms with van der Waals surface area (Å²) in [4.78, 5) is 22.0. The van der Waals surface area contributed by atoms with Crippen molar-refractivity contribution >= 4 is 11.9 Å². The number of hydrogen-bond acceptors (Lipinski definition) is 4. The summed E-state index contributed by atoms with van der Waals surface area (Å²) in [6.07, 6.45) is 2.56. The van der Waals surface area contributed by atoms with Gasteiger partial charge in [-0.05, 0) is 12.8 Å². The first-order chi connectivity index (χ1) is 11.1. The normalized spacial score (nSPS) is 13.5. The van der Waals surface area contributed by atoms with Crippen molar-refractivity contribution in [2.45, 2.75) is 70.6 Å². The second-order valence-corrected chi connectivity index (χ2v) is 5.77. The molecule has 24 heavy (non-hydrogen) atoms. The number of unbranched alkanes of at least 4 members (excludes halogenated alkanes) is 4. The first-order valence-electron chi connectivity index (χ1n) is 8.10. The SMILES string of the molecule is CCC(F)(F)C(=O)OCCCCCCCC(C)C(F)(F)C(=O)OC. The molecule has 0 amide bonds. The third-order valence-corrected chi connectivity index (χ3v) is 3.83. The third kappa shape index (κ3) is 7.49. The maximum Gasteiger partial charge on any atom is 0.376 e. The Morgan fingerprint density at radius 3 is 2.04 bits per heavy atom. The molecule has 0 aromatic rings. The molecule has 0 aliphatic heterocycles. The van der Waals surface area contributed by atoms with Gasteiger partial charge in [0.05, 0.1) is 13.7 Å². The minimum Gasteiger partial charge on any atom is -0.465 e. The van der Waals surface area contributed by atoms with E-state index in [4.69, 9.17) is 0 Å². The number of carbonyl (C=O) groups excluding carboxylic acids is 2. The molecule has 0 N–H and O–H groups in total. The molecule has 0 spiro atoms. The highest BCUT2D eigenvalue weighted by molar-refractivity contribution is 5.77. The van der Waals surface area contributed by atoms with Gasteiger partial charge >= 0.3 is 23.8 Å². The van der Waals surface area contributed by atoms with Gasteiger partial charge in [-0.15, -0.1) is 0 Å². The Morgan fingerprint density at radius 2 is 1.50 bits per heavy atom. The molecule has 0 saturated heterocycles. The molecular weight excluding hydrogens is 332 g/mol. The molecule has 0 bridgehead atoms. The number of hydrogen-bond donors (Lipinski definition) is 0. The summed E-state index contributed by atoms with van der Waals surface area (Å²) in [5, 5.41) is 0. The smallest absolute Gasteiger partial charge is 0.376 e. The van der Waals surface area contributed by atoms with Crippen LogP contribution in [-0.4, -0.2) is 37.5 Å². The molecule has 0 saturated carbocycles. The zero-order valence-electron chi connectivity index (χ0n) is 14.4. The van der Waals surface area contributed by atoms with Crippen molar-refractivity contribution in [2.24, 2.45) is 5.92 Å². The highest BCUT2D eigenvalue weighted by Crippen LogP contribution is 2.30. The zero-order valence-corrected chi connectivity index (χ0v) is 14.4. The van der Waals surface area contributed by atoms with E-state index in [1.807, 2.05) is 0 Å². The summed E-state index contributed by atoms with van der Waals surface area (Å²) < 4.78 is 61.4. The van der Waals surface area contributed by atoms with Gasteiger partial charge in [-0.25, -0.2) is 9.59 Å². The number of methoxy groups -OCH3 is 1. The van der Waals surface area contributed by atoms with E-state index in [0.717, 1.165) is 7.11 Å². The highest BCUT2D eigenvalue weighted by Gasteiger charge is 2.45. The maximum absolute atomic E-state index is 13.5. The van der Waals surface area contributed by atoms with Crippen LogP contribution in [0.3, 0.4) is 0 Å². The second kappa shape index (κ2) is 10.5. The number of rotatable bonds is 12. The Bertz CT molecular complexity index is 400. The van der Waals surface area contributed by atoms with Crippen molar-refractivity contribution < 1.29 is 36.6 Å². The summed E-state index contributed by atoms with van der Waals surface area (Å²) in [5.74, 6) is -11.1. The quantitative estimate of drug-likeness (QED) is 0.295. The molecule has 4 nitrogen and oxygen atoms in total. The van der Waals surface area contributed by atoms with Crippen molar-refractivity contribution in [2.75, 3.05) is 13.7 Å². The van der Waals surface area contributed by atoms with Crippen LogP contribution in [0.1, 0.15) is 58.8 Å². The van der Waals surface area contributed by atoms with Crippen LogP contribution in [0.25, 0.3) is 0 Å². The molecular formula is C16H26F4O4. The van der Waals surface area contributed by atoms with Crippen molar-refractivity contribution in [3.8, 4) is 0 Å². The fourth-order valence-electron chi connectivity index (χ4n) is 2.02. The van der Waals surface area contributed by atoms with Gasteiger partial charge in [0.1, 0.15) is 0 Å². The second-order valence-electron chi connectivity index (χ2n) is 5.77. The number of halogens is 4. The topological polar surface area (TPSA) is 52.6 Å². The van der Waals surface area contributed by atoms with Crippen molar-refractivity contribution in [3.63, 3.8) is 0 Å². The monoisotopic (exact) mass is 358 g/mol. The molecule has 0 aromatic heterocycles. The van der Waals surface area contributed by atoms with Crippen molar-refractivity contribution in [3.05, 3.63) is 0 Å². The molecule has 8 heteroatoms.